The summed E-state index contributed by atoms with van der Waals surface area (Å²) >= 11 is 1.34. The average molecular weight is 512 g/mol. The Morgan fingerprint density at radius 2 is 1.58 bits per heavy atom. The molecule has 182 valence electrons. The van der Waals surface area contributed by atoms with Crippen LogP contribution < -0.4 is 10.1 Å². The van der Waals surface area contributed by atoms with Crippen LogP contribution >= 0.6 is 11.3 Å². The highest BCUT2D eigenvalue weighted by Crippen LogP contribution is 2.28. The number of rotatable bonds is 4. The zero-order valence-corrected chi connectivity index (χ0v) is 21.3. The van der Waals surface area contributed by atoms with Crippen molar-refractivity contribution < 1.29 is 0 Å². The van der Waals surface area contributed by atoms with Crippen LogP contribution in [0.2, 0.25) is 0 Å². The largest absolute Gasteiger partial charge is 0.291 e. The van der Waals surface area contributed by atoms with Crippen LogP contribution in [0.15, 0.2) is 108 Å². The smallest absolute Gasteiger partial charge is 0.266 e. The lowest BCUT2D eigenvalue weighted by Crippen LogP contribution is -2.23. The maximum absolute atomic E-state index is 13.4. The second kappa shape index (κ2) is 8.90. The SMILES string of the molecule is Cc1ccccc1-c1nc2s/c(=C\c3cn(-c4ccccc4)nc3-c3ccc4ccccc4c3)c(=O)n2n1. The van der Waals surface area contributed by atoms with Crippen LogP contribution in [-0.2, 0) is 0 Å². The van der Waals surface area contributed by atoms with Crippen molar-refractivity contribution in [1.29, 1.82) is 0 Å². The molecule has 0 saturated carbocycles. The van der Waals surface area contributed by atoms with E-state index in [1.165, 1.54) is 21.2 Å². The van der Waals surface area contributed by atoms with Crippen LogP contribution in [0.25, 0.3) is 50.1 Å². The van der Waals surface area contributed by atoms with Gasteiger partial charge in [-0.3, -0.25) is 4.79 Å². The molecule has 0 amide bonds. The third kappa shape index (κ3) is 3.81. The number of nitrogens with zero attached hydrogens (tertiary/aromatic N) is 5. The Labute approximate surface area is 221 Å². The van der Waals surface area contributed by atoms with E-state index in [4.69, 9.17) is 5.10 Å². The van der Waals surface area contributed by atoms with Crippen molar-refractivity contribution in [2.75, 3.05) is 0 Å². The molecular formula is C31H21N5OS. The summed E-state index contributed by atoms with van der Waals surface area (Å²) in [6.45, 7) is 2.01. The van der Waals surface area contributed by atoms with E-state index in [-0.39, 0.29) is 5.56 Å². The van der Waals surface area contributed by atoms with Gasteiger partial charge in [0.2, 0.25) is 4.96 Å². The Bertz CT molecular complexity index is 2070. The zero-order valence-electron chi connectivity index (χ0n) is 20.4. The molecule has 0 bridgehead atoms. The van der Waals surface area contributed by atoms with Gasteiger partial charge in [0, 0.05) is 22.9 Å². The first-order valence-electron chi connectivity index (χ1n) is 12.3. The average Bonchev–Trinajstić information content (AvgIpc) is 3.64. The van der Waals surface area contributed by atoms with E-state index in [2.05, 4.69) is 40.4 Å². The fourth-order valence-corrected chi connectivity index (χ4v) is 5.58. The van der Waals surface area contributed by atoms with Crippen molar-refractivity contribution in [3.8, 4) is 28.3 Å². The molecule has 0 radical (unpaired) electrons. The molecule has 0 aliphatic rings. The summed E-state index contributed by atoms with van der Waals surface area (Å²) in [5.74, 6) is 0.562. The first kappa shape index (κ1) is 22.3. The summed E-state index contributed by atoms with van der Waals surface area (Å²) < 4.78 is 3.81. The molecule has 7 rings (SSSR count). The fourth-order valence-electron chi connectivity index (χ4n) is 4.68. The van der Waals surface area contributed by atoms with Crippen LogP contribution in [-0.4, -0.2) is 24.4 Å². The highest BCUT2D eigenvalue weighted by atomic mass is 32.1. The highest BCUT2D eigenvalue weighted by Gasteiger charge is 2.16. The molecule has 0 fully saturated rings. The molecule has 0 spiro atoms. The van der Waals surface area contributed by atoms with E-state index in [1.807, 2.05) is 90.6 Å². The minimum absolute atomic E-state index is 0.186. The van der Waals surface area contributed by atoms with Crippen molar-refractivity contribution >= 4 is 33.1 Å². The van der Waals surface area contributed by atoms with Gasteiger partial charge in [0.25, 0.3) is 5.56 Å². The van der Waals surface area contributed by atoms with Crippen molar-refractivity contribution in [3.05, 3.63) is 129 Å². The first-order chi connectivity index (χ1) is 18.6. The predicted molar refractivity (Wildman–Crippen MR) is 153 cm³/mol. The molecule has 0 aliphatic carbocycles. The van der Waals surface area contributed by atoms with E-state index in [0.717, 1.165) is 39.0 Å². The van der Waals surface area contributed by atoms with Crippen LogP contribution in [0, 0.1) is 6.92 Å². The quantitative estimate of drug-likeness (QED) is 0.305. The first-order valence-corrected chi connectivity index (χ1v) is 13.1. The van der Waals surface area contributed by atoms with Crippen molar-refractivity contribution in [3.63, 3.8) is 0 Å². The Morgan fingerprint density at radius 3 is 2.39 bits per heavy atom. The predicted octanol–water partition coefficient (Wildman–Crippen LogP) is 5.68. The summed E-state index contributed by atoms with van der Waals surface area (Å²) in [5, 5.41) is 11.8. The summed E-state index contributed by atoms with van der Waals surface area (Å²) in [6, 6.07) is 32.5. The summed E-state index contributed by atoms with van der Waals surface area (Å²) in [5.41, 5.74) is 5.40. The van der Waals surface area contributed by atoms with E-state index in [9.17, 15) is 4.79 Å². The number of benzene rings is 4. The summed E-state index contributed by atoms with van der Waals surface area (Å²) in [6.07, 6.45) is 3.86. The topological polar surface area (TPSA) is 65.1 Å². The number of para-hydroxylation sites is 1. The Hall–Kier alpha value is -4.88. The lowest BCUT2D eigenvalue weighted by Gasteiger charge is -2.03. The van der Waals surface area contributed by atoms with Crippen LogP contribution in [0.5, 0.6) is 0 Å². The van der Waals surface area contributed by atoms with Gasteiger partial charge in [-0.25, -0.2) is 4.68 Å². The molecule has 3 aromatic heterocycles. The van der Waals surface area contributed by atoms with Crippen molar-refractivity contribution in [1.82, 2.24) is 24.4 Å². The van der Waals surface area contributed by atoms with E-state index < -0.39 is 0 Å². The number of aryl methyl sites for hydroxylation is 1. The molecule has 0 saturated heterocycles. The van der Waals surface area contributed by atoms with Gasteiger partial charge < -0.3 is 0 Å². The van der Waals surface area contributed by atoms with E-state index in [1.54, 1.807) is 0 Å². The maximum Gasteiger partial charge on any atom is 0.291 e. The summed E-state index contributed by atoms with van der Waals surface area (Å²) in [7, 11) is 0. The third-order valence-electron chi connectivity index (χ3n) is 6.64. The lowest BCUT2D eigenvalue weighted by molar-refractivity contribution is 0.884. The van der Waals surface area contributed by atoms with Crippen molar-refractivity contribution in [2.45, 2.75) is 6.92 Å². The van der Waals surface area contributed by atoms with Gasteiger partial charge in [-0.15, -0.1) is 5.10 Å². The molecule has 4 aromatic carbocycles. The monoisotopic (exact) mass is 511 g/mol. The number of hydrogen-bond donors (Lipinski definition) is 0. The lowest BCUT2D eigenvalue weighted by atomic mass is 10.0. The van der Waals surface area contributed by atoms with Gasteiger partial charge in [0.1, 0.15) is 5.69 Å². The third-order valence-corrected chi connectivity index (χ3v) is 7.60. The van der Waals surface area contributed by atoms with Crippen molar-refractivity contribution in [2.24, 2.45) is 0 Å². The van der Waals surface area contributed by atoms with Crippen LogP contribution in [0.4, 0.5) is 0 Å². The Kier molecular flexibility index (Phi) is 5.23. The minimum Gasteiger partial charge on any atom is -0.266 e. The van der Waals surface area contributed by atoms with Gasteiger partial charge >= 0.3 is 0 Å². The number of thiazole rings is 1. The molecule has 7 aromatic rings. The van der Waals surface area contributed by atoms with Crippen LogP contribution in [0.1, 0.15) is 11.1 Å². The maximum atomic E-state index is 13.4. The molecule has 0 unspecified atom stereocenters. The Morgan fingerprint density at radius 1 is 0.816 bits per heavy atom. The highest BCUT2D eigenvalue weighted by molar-refractivity contribution is 7.15. The van der Waals surface area contributed by atoms with Crippen LogP contribution in [0.3, 0.4) is 0 Å². The van der Waals surface area contributed by atoms with Gasteiger partial charge in [0.15, 0.2) is 5.82 Å². The second-order valence-electron chi connectivity index (χ2n) is 9.14. The standard InChI is InChI=1S/C31H21N5OS/c1-20-9-5-8-14-26(20)29-32-31-36(34-29)30(37)27(38-31)18-24-19-35(25-12-3-2-4-13-25)33-28(24)23-16-15-21-10-6-7-11-22(21)17-23/h2-19H,1H3/b27-18-. The second-order valence-corrected chi connectivity index (χ2v) is 10.1. The number of hydrogen-bond acceptors (Lipinski definition) is 5. The minimum atomic E-state index is -0.186. The van der Waals surface area contributed by atoms with Gasteiger partial charge in [-0.05, 0) is 47.5 Å². The van der Waals surface area contributed by atoms with Gasteiger partial charge in [0.05, 0.1) is 10.2 Å². The molecule has 0 aliphatic heterocycles. The van der Waals surface area contributed by atoms with E-state index in [0.29, 0.717) is 15.3 Å². The van der Waals surface area contributed by atoms with Gasteiger partial charge in [-0.1, -0.05) is 90.2 Å². The summed E-state index contributed by atoms with van der Waals surface area (Å²) in [4.78, 5) is 18.6. The normalized spacial score (nSPS) is 12.1. The molecule has 7 heteroatoms. The Balaban J connectivity index is 1.39. The van der Waals surface area contributed by atoms with Gasteiger partial charge in [-0.2, -0.15) is 14.6 Å². The molecule has 0 atom stereocenters. The fraction of sp³-hybridized carbons (Fsp3) is 0.0323. The molecule has 3 heterocycles. The molecule has 0 N–H and O–H groups in total. The molecular weight excluding hydrogens is 490 g/mol. The number of aromatic nitrogens is 5. The van der Waals surface area contributed by atoms with E-state index >= 15 is 0 Å². The molecule has 6 nitrogen and oxygen atoms in total. The number of fused-ring (bicyclic) bond motifs is 2. The molecule has 38 heavy (non-hydrogen) atoms. The zero-order chi connectivity index (χ0) is 25.6.